The molecule has 0 aliphatic carbocycles. The summed E-state index contributed by atoms with van der Waals surface area (Å²) in [4.78, 5) is 28.7. The summed E-state index contributed by atoms with van der Waals surface area (Å²) in [5.41, 5.74) is 1.47. The van der Waals surface area contributed by atoms with Gasteiger partial charge < -0.3 is 24.4 Å². The standard InChI is InChI=1S/C23H28N2O5/c1-3-30-20-9-7-17(15-21(20)29-2)8-10-22(27)24-11-13-25(14-12-24)23(28)18-5-4-6-19(26)16-18/h4-7,9,15-16,26H,3,8,10-14H2,1-2H3. The largest absolute Gasteiger partial charge is 0.508 e. The van der Waals surface area contributed by atoms with Crippen molar-refractivity contribution in [2.75, 3.05) is 39.9 Å². The monoisotopic (exact) mass is 412 g/mol. The summed E-state index contributed by atoms with van der Waals surface area (Å²) in [7, 11) is 1.60. The number of phenols is 1. The minimum absolute atomic E-state index is 0.0700. The van der Waals surface area contributed by atoms with Crippen LogP contribution in [-0.4, -0.2) is 66.6 Å². The summed E-state index contributed by atoms with van der Waals surface area (Å²) < 4.78 is 10.9. The molecule has 1 saturated heterocycles. The van der Waals surface area contributed by atoms with E-state index in [1.165, 1.54) is 12.1 Å². The fourth-order valence-electron chi connectivity index (χ4n) is 3.53. The van der Waals surface area contributed by atoms with E-state index in [-0.39, 0.29) is 17.6 Å². The van der Waals surface area contributed by atoms with Gasteiger partial charge in [0.15, 0.2) is 11.5 Å². The molecule has 0 atom stereocenters. The van der Waals surface area contributed by atoms with Crippen LogP contribution in [0.25, 0.3) is 0 Å². The Morgan fingerprint density at radius 2 is 1.73 bits per heavy atom. The molecule has 0 saturated carbocycles. The second-order valence-electron chi connectivity index (χ2n) is 7.14. The zero-order valence-corrected chi connectivity index (χ0v) is 17.5. The minimum Gasteiger partial charge on any atom is -0.508 e. The number of methoxy groups -OCH3 is 1. The lowest BCUT2D eigenvalue weighted by Crippen LogP contribution is -2.50. The first-order chi connectivity index (χ1) is 14.5. The summed E-state index contributed by atoms with van der Waals surface area (Å²) >= 11 is 0. The third-order valence-corrected chi connectivity index (χ3v) is 5.17. The third-order valence-electron chi connectivity index (χ3n) is 5.17. The van der Waals surface area contributed by atoms with E-state index in [2.05, 4.69) is 0 Å². The number of piperazine rings is 1. The fraction of sp³-hybridized carbons (Fsp3) is 0.391. The van der Waals surface area contributed by atoms with Crippen LogP contribution in [0.15, 0.2) is 42.5 Å². The molecule has 2 aromatic rings. The summed E-state index contributed by atoms with van der Waals surface area (Å²) in [6.07, 6.45) is 1.02. The van der Waals surface area contributed by atoms with Crippen LogP contribution < -0.4 is 9.47 Å². The maximum Gasteiger partial charge on any atom is 0.254 e. The topological polar surface area (TPSA) is 79.3 Å². The van der Waals surface area contributed by atoms with Gasteiger partial charge in [-0.15, -0.1) is 0 Å². The lowest BCUT2D eigenvalue weighted by Gasteiger charge is -2.35. The van der Waals surface area contributed by atoms with Gasteiger partial charge in [-0.2, -0.15) is 0 Å². The number of carbonyl (C=O) groups excluding carboxylic acids is 2. The number of benzene rings is 2. The van der Waals surface area contributed by atoms with Crippen molar-refractivity contribution in [1.29, 1.82) is 0 Å². The Kier molecular flexibility index (Phi) is 7.17. The Bertz CT molecular complexity index is 891. The molecule has 1 aliphatic rings. The molecule has 0 radical (unpaired) electrons. The predicted molar refractivity (Wildman–Crippen MR) is 113 cm³/mol. The van der Waals surface area contributed by atoms with Crippen molar-refractivity contribution in [2.24, 2.45) is 0 Å². The molecule has 1 heterocycles. The van der Waals surface area contributed by atoms with Gasteiger partial charge in [-0.25, -0.2) is 0 Å². The first-order valence-corrected chi connectivity index (χ1v) is 10.2. The van der Waals surface area contributed by atoms with E-state index >= 15 is 0 Å². The number of ether oxygens (including phenoxy) is 2. The highest BCUT2D eigenvalue weighted by molar-refractivity contribution is 5.94. The molecule has 7 heteroatoms. The highest BCUT2D eigenvalue weighted by Gasteiger charge is 2.24. The maximum absolute atomic E-state index is 12.6. The van der Waals surface area contributed by atoms with Crippen molar-refractivity contribution in [3.8, 4) is 17.2 Å². The van der Waals surface area contributed by atoms with E-state index in [0.29, 0.717) is 62.7 Å². The van der Waals surface area contributed by atoms with Crippen LogP contribution in [0, 0.1) is 0 Å². The molecule has 0 spiro atoms. The number of aryl methyl sites for hydroxylation is 1. The van der Waals surface area contributed by atoms with Gasteiger partial charge in [0.1, 0.15) is 5.75 Å². The van der Waals surface area contributed by atoms with Gasteiger partial charge in [0.05, 0.1) is 13.7 Å². The highest BCUT2D eigenvalue weighted by atomic mass is 16.5. The molecule has 1 fully saturated rings. The van der Waals surface area contributed by atoms with Crippen LogP contribution in [-0.2, 0) is 11.2 Å². The highest BCUT2D eigenvalue weighted by Crippen LogP contribution is 2.28. The smallest absolute Gasteiger partial charge is 0.254 e. The predicted octanol–water partition coefficient (Wildman–Crippen LogP) is 2.72. The quantitative estimate of drug-likeness (QED) is 0.757. The summed E-state index contributed by atoms with van der Waals surface area (Å²) in [5.74, 6) is 1.39. The third kappa shape index (κ3) is 5.23. The van der Waals surface area contributed by atoms with E-state index < -0.39 is 0 Å². The van der Waals surface area contributed by atoms with Crippen molar-refractivity contribution >= 4 is 11.8 Å². The van der Waals surface area contributed by atoms with Gasteiger partial charge >= 0.3 is 0 Å². The van der Waals surface area contributed by atoms with E-state index in [0.717, 1.165) is 5.56 Å². The van der Waals surface area contributed by atoms with Crippen molar-refractivity contribution in [3.63, 3.8) is 0 Å². The molecule has 160 valence electrons. The van der Waals surface area contributed by atoms with Gasteiger partial charge in [0.2, 0.25) is 5.91 Å². The Labute approximate surface area is 176 Å². The lowest BCUT2D eigenvalue weighted by molar-refractivity contribution is -0.132. The Morgan fingerprint density at radius 3 is 2.40 bits per heavy atom. The average molecular weight is 412 g/mol. The molecule has 0 unspecified atom stereocenters. The molecule has 2 amide bonds. The molecule has 3 rings (SSSR count). The van der Waals surface area contributed by atoms with Gasteiger partial charge in [-0.3, -0.25) is 9.59 Å². The van der Waals surface area contributed by atoms with Crippen molar-refractivity contribution in [2.45, 2.75) is 19.8 Å². The molecular formula is C23H28N2O5. The number of nitrogens with zero attached hydrogens (tertiary/aromatic N) is 2. The van der Waals surface area contributed by atoms with E-state index in [1.54, 1.807) is 29.0 Å². The minimum atomic E-state index is -0.125. The Morgan fingerprint density at radius 1 is 1.00 bits per heavy atom. The van der Waals surface area contributed by atoms with Crippen molar-refractivity contribution < 1.29 is 24.2 Å². The molecule has 1 N–H and O–H groups in total. The first kappa shape index (κ1) is 21.5. The number of phenolic OH excluding ortho intramolecular Hbond substituents is 1. The number of hydrogen-bond acceptors (Lipinski definition) is 5. The molecule has 30 heavy (non-hydrogen) atoms. The molecule has 7 nitrogen and oxygen atoms in total. The number of carbonyl (C=O) groups is 2. The number of amides is 2. The van der Waals surface area contributed by atoms with Crippen LogP contribution in [0.1, 0.15) is 29.3 Å². The zero-order valence-electron chi connectivity index (χ0n) is 17.5. The summed E-state index contributed by atoms with van der Waals surface area (Å²) in [6.45, 7) is 4.47. The van der Waals surface area contributed by atoms with Crippen LogP contribution in [0.5, 0.6) is 17.2 Å². The van der Waals surface area contributed by atoms with E-state index in [4.69, 9.17) is 9.47 Å². The number of hydrogen-bond donors (Lipinski definition) is 1. The molecule has 1 aliphatic heterocycles. The second-order valence-corrected chi connectivity index (χ2v) is 7.14. The first-order valence-electron chi connectivity index (χ1n) is 10.2. The Hall–Kier alpha value is -3.22. The van der Waals surface area contributed by atoms with E-state index in [9.17, 15) is 14.7 Å². The second kappa shape index (κ2) is 10.0. The van der Waals surface area contributed by atoms with Gasteiger partial charge in [0.25, 0.3) is 5.91 Å². The fourth-order valence-corrected chi connectivity index (χ4v) is 3.53. The van der Waals surface area contributed by atoms with E-state index in [1.807, 2.05) is 25.1 Å². The van der Waals surface area contributed by atoms with Crippen molar-refractivity contribution in [1.82, 2.24) is 9.80 Å². The molecule has 0 aromatic heterocycles. The number of aromatic hydroxyl groups is 1. The summed E-state index contributed by atoms with van der Waals surface area (Å²) in [6, 6.07) is 12.1. The average Bonchev–Trinajstić information content (AvgIpc) is 2.78. The van der Waals surface area contributed by atoms with Crippen LogP contribution in [0.4, 0.5) is 0 Å². The van der Waals surface area contributed by atoms with Crippen molar-refractivity contribution in [3.05, 3.63) is 53.6 Å². The van der Waals surface area contributed by atoms with Gasteiger partial charge in [-0.05, 0) is 49.2 Å². The molecular weight excluding hydrogens is 384 g/mol. The maximum atomic E-state index is 12.6. The Balaban J connectivity index is 1.50. The van der Waals surface area contributed by atoms with Gasteiger partial charge in [-0.1, -0.05) is 12.1 Å². The van der Waals surface area contributed by atoms with Crippen LogP contribution in [0.3, 0.4) is 0 Å². The SMILES string of the molecule is CCOc1ccc(CCC(=O)N2CCN(C(=O)c3cccc(O)c3)CC2)cc1OC. The number of rotatable bonds is 7. The molecule has 2 aromatic carbocycles. The van der Waals surface area contributed by atoms with Gasteiger partial charge in [0, 0.05) is 38.2 Å². The van der Waals surface area contributed by atoms with Crippen LogP contribution in [0.2, 0.25) is 0 Å². The lowest BCUT2D eigenvalue weighted by atomic mass is 10.1. The zero-order chi connectivity index (χ0) is 21.5. The van der Waals surface area contributed by atoms with Crippen LogP contribution >= 0.6 is 0 Å². The summed E-state index contributed by atoms with van der Waals surface area (Å²) in [5, 5.41) is 9.56. The molecule has 0 bridgehead atoms. The normalized spacial score (nSPS) is 13.8.